The van der Waals surface area contributed by atoms with Crippen molar-refractivity contribution in [1.29, 1.82) is 0 Å². The zero-order valence-corrected chi connectivity index (χ0v) is 9.01. The lowest BCUT2D eigenvalue weighted by Gasteiger charge is -2.07. The summed E-state index contributed by atoms with van der Waals surface area (Å²) in [6.45, 7) is 5.87. The fourth-order valence-electron chi connectivity index (χ4n) is 1.39. The van der Waals surface area contributed by atoms with E-state index in [0.717, 1.165) is 24.2 Å². The summed E-state index contributed by atoms with van der Waals surface area (Å²) in [6.07, 6.45) is 2.39. The molecule has 2 heteroatoms. The fourth-order valence-corrected chi connectivity index (χ4v) is 1.39. The molecule has 0 saturated carbocycles. The Hall–Kier alpha value is -1.02. The molecule has 1 aromatic carbocycles. The summed E-state index contributed by atoms with van der Waals surface area (Å²) in [5.74, 6) is 0.427. The van der Waals surface area contributed by atoms with Crippen LogP contribution in [0.25, 0.3) is 0 Å². The maximum Gasteiger partial charge on any atom is 0.122 e. The second kappa shape index (κ2) is 5.66. The number of unbranched alkanes of at least 4 members (excludes halogenated alkanes) is 1. The molecule has 0 aliphatic rings. The van der Waals surface area contributed by atoms with Crippen LogP contribution in [0.15, 0.2) is 18.2 Å². The molecule has 0 amide bonds. The van der Waals surface area contributed by atoms with Gasteiger partial charge in [0.25, 0.3) is 0 Å². The smallest absolute Gasteiger partial charge is 0.122 e. The summed E-state index contributed by atoms with van der Waals surface area (Å²) < 4.78 is 0. The number of para-hydroxylation sites is 1. The minimum Gasteiger partial charge on any atom is -0.507 e. The molecule has 78 valence electrons. The second-order valence-electron chi connectivity index (χ2n) is 3.61. The van der Waals surface area contributed by atoms with Gasteiger partial charge in [-0.1, -0.05) is 31.5 Å². The Morgan fingerprint density at radius 1 is 1.36 bits per heavy atom. The number of hydrogen-bond acceptors (Lipinski definition) is 2. The lowest BCUT2D eigenvalue weighted by atomic mass is 10.1. The molecule has 0 spiro atoms. The monoisotopic (exact) mass is 193 g/mol. The molecule has 0 atom stereocenters. The number of hydrogen-bond donors (Lipinski definition) is 2. The molecule has 0 unspecified atom stereocenters. The molecule has 0 radical (unpaired) electrons. The summed E-state index contributed by atoms with van der Waals surface area (Å²) in [6, 6.07) is 5.86. The fraction of sp³-hybridized carbons (Fsp3) is 0.500. The van der Waals surface area contributed by atoms with Crippen LogP contribution >= 0.6 is 0 Å². The maximum absolute atomic E-state index is 9.71. The van der Waals surface area contributed by atoms with Gasteiger partial charge in [0.05, 0.1) is 0 Å². The number of phenols is 1. The van der Waals surface area contributed by atoms with E-state index in [1.165, 1.54) is 12.8 Å². The van der Waals surface area contributed by atoms with Crippen molar-refractivity contribution in [2.75, 3.05) is 6.54 Å². The maximum atomic E-state index is 9.71. The summed E-state index contributed by atoms with van der Waals surface area (Å²) in [4.78, 5) is 0. The highest BCUT2D eigenvalue weighted by atomic mass is 16.3. The van der Waals surface area contributed by atoms with Crippen LogP contribution in [-0.2, 0) is 6.54 Å². The third kappa shape index (κ3) is 3.04. The average molecular weight is 193 g/mol. The minimum atomic E-state index is 0.427. The van der Waals surface area contributed by atoms with Crippen LogP contribution in [0.4, 0.5) is 0 Å². The quantitative estimate of drug-likeness (QED) is 0.704. The number of aromatic hydroxyl groups is 1. The highest BCUT2D eigenvalue weighted by Crippen LogP contribution is 2.20. The molecule has 0 aliphatic heterocycles. The SMILES string of the molecule is CCCCNCc1cccc(C)c1O. The topological polar surface area (TPSA) is 32.3 Å². The van der Waals surface area contributed by atoms with Gasteiger partial charge < -0.3 is 10.4 Å². The Morgan fingerprint density at radius 2 is 2.14 bits per heavy atom. The molecule has 0 heterocycles. The first-order valence-corrected chi connectivity index (χ1v) is 5.24. The van der Waals surface area contributed by atoms with E-state index in [1.807, 2.05) is 25.1 Å². The third-order valence-electron chi connectivity index (χ3n) is 2.34. The van der Waals surface area contributed by atoms with Gasteiger partial charge in [-0.25, -0.2) is 0 Å². The van der Waals surface area contributed by atoms with Gasteiger partial charge in [-0.2, -0.15) is 0 Å². The van der Waals surface area contributed by atoms with E-state index in [1.54, 1.807) is 0 Å². The van der Waals surface area contributed by atoms with Gasteiger partial charge in [-0.3, -0.25) is 0 Å². The van der Waals surface area contributed by atoms with Crippen LogP contribution < -0.4 is 5.32 Å². The van der Waals surface area contributed by atoms with Crippen molar-refractivity contribution in [2.24, 2.45) is 0 Å². The number of nitrogens with one attached hydrogen (secondary N) is 1. The van der Waals surface area contributed by atoms with Gasteiger partial charge in [0, 0.05) is 12.1 Å². The van der Waals surface area contributed by atoms with Gasteiger partial charge in [-0.15, -0.1) is 0 Å². The van der Waals surface area contributed by atoms with Crippen LogP contribution in [0.2, 0.25) is 0 Å². The highest BCUT2D eigenvalue weighted by Gasteiger charge is 2.01. The van der Waals surface area contributed by atoms with E-state index in [0.29, 0.717) is 5.75 Å². The van der Waals surface area contributed by atoms with Crippen LogP contribution in [0.1, 0.15) is 30.9 Å². The van der Waals surface area contributed by atoms with E-state index in [-0.39, 0.29) is 0 Å². The zero-order valence-electron chi connectivity index (χ0n) is 9.01. The third-order valence-corrected chi connectivity index (χ3v) is 2.34. The molecule has 2 nitrogen and oxygen atoms in total. The Kier molecular flexibility index (Phi) is 4.47. The van der Waals surface area contributed by atoms with E-state index in [9.17, 15) is 5.11 Å². The van der Waals surface area contributed by atoms with Gasteiger partial charge >= 0.3 is 0 Å². The summed E-state index contributed by atoms with van der Waals surface area (Å²) in [7, 11) is 0. The van der Waals surface area contributed by atoms with Crippen molar-refractivity contribution in [3.8, 4) is 5.75 Å². The van der Waals surface area contributed by atoms with Crippen molar-refractivity contribution in [3.63, 3.8) is 0 Å². The van der Waals surface area contributed by atoms with E-state index >= 15 is 0 Å². The van der Waals surface area contributed by atoms with Crippen LogP contribution in [-0.4, -0.2) is 11.7 Å². The molecule has 0 aromatic heterocycles. The Labute approximate surface area is 86.0 Å². The number of phenolic OH excluding ortho intramolecular Hbond substituents is 1. The molecule has 0 aliphatic carbocycles. The molecule has 1 rings (SSSR count). The summed E-state index contributed by atoms with van der Waals surface area (Å²) >= 11 is 0. The van der Waals surface area contributed by atoms with E-state index in [2.05, 4.69) is 12.2 Å². The molecular formula is C12H19NO. The average Bonchev–Trinajstić information content (AvgIpc) is 2.19. The largest absolute Gasteiger partial charge is 0.507 e. The first-order chi connectivity index (χ1) is 6.75. The second-order valence-corrected chi connectivity index (χ2v) is 3.61. The molecular weight excluding hydrogens is 174 g/mol. The van der Waals surface area contributed by atoms with Gasteiger partial charge in [0.15, 0.2) is 0 Å². The lowest BCUT2D eigenvalue weighted by Crippen LogP contribution is -2.14. The first kappa shape index (κ1) is 11.1. The van der Waals surface area contributed by atoms with Crippen LogP contribution in [0.3, 0.4) is 0 Å². The van der Waals surface area contributed by atoms with Crippen molar-refractivity contribution in [1.82, 2.24) is 5.32 Å². The summed E-state index contributed by atoms with van der Waals surface area (Å²) in [5.41, 5.74) is 1.93. The predicted molar refractivity (Wildman–Crippen MR) is 59.5 cm³/mol. The normalized spacial score (nSPS) is 10.4. The predicted octanol–water partition coefficient (Wildman–Crippen LogP) is 2.59. The van der Waals surface area contributed by atoms with Crippen molar-refractivity contribution < 1.29 is 5.11 Å². The standard InChI is InChI=1S/C12H19NO/c1-3-4-8-13-9-11-7-5-6-10(2)12(11)14/h5-7,13-14H,3-4,8-9H2,1-2H3. The highest BCUT2D eigenvalue weighted by molar-refractivity contribution is 5.39. The van der Waals surface area contributed by atoms with Crippen LogP contribution in [0, 0.1) is 6.92 Å². The van der Waals surface area contributed by atoms with Gasteiger partial charge in [0.2, 0.25) is 0 Å². The molecule has 14 heavy (non-hydrogen) atoms. The number of benzene rings is 1. The molecule has 2 N–H and O–H groups in total. The van der Waals surface area contributed by atoms with Crippen molar-refractivity contribution in [3.05, 3.63) is 29.3 Å². The van der Waals surface area contributed by atoms with E-state index in [4.69, 9.17) is 0 Å². The molecule has 1 aromatic rings. The Bertz CT molecular complexity index is 284. The summed E-state index contributed by atoms with van der Waals surface area (Å²) in [5, 5.41) is 13.0. The molecule has 0 fully saturated rings. The van der Waals surface area contributed by atoms with Gasteiger partial charge in [0.1, 0.15) is 5.75 Å². The van der Waals surface area contributed by atoms with Crippen molar-refractivity contribution >= 4 is 0 Å². The molecule has 0 saturated heterocycles. The van der Waals surface area contributed by atoms with Crippen LogP contribution in [0.5, 0.6) is 5.75 Å². The Morgan fingerprint density at radius 3 is 2.86 bits per heavy atom. The molecule has 0 bridgehead atoms. The zero-order chi connectivity index (χ0) is 10.4. The number of rotatable bonds is 5. The minimum absolute atomic E-state index is 0.427. The lowest BCUT2D eigenvalue weighted by molar-refractivity contribution is 0.460. The first-order valence-electron chi connectivity index (χ1n) is 5.24. The number of aryl methyl sites for hydroxylation is 1. The van der Waals surface area contributed by atoms with Crippen molar-refractivity contribution in [2.45, 2.75) is 33.2 Å². The van der Waals surface area contributed by atoms with E-state index < -0.39 is 0 Å². The van der Waals surface area contributed by atoms with Gasteiger partial charge in [-0.05, 0) is 25.5 Å². The Balaban J connectivity index is 2.46.